The zero-order chi connectivity index (χ0) is 34.8. The van der Waals surface area contributed by atoms with Crippen molar-refractivity contribution in [2.45, 2.75) is 206 Å². The lowest BCUT2D eigenvalue weighted by molar-refractivity contribution is -0.150. The van der Waals surface area contributed by atoms with E-state index in [9.17, 15) is 19.2 Å². The van der Waals surface area contributed by atoms with Gasteiger partial charge in [0.2, 0.25) is 11.8 Å². The van der Waals surface area contributed by atoms with Crippen molar-refractivity contribution in [2.75, 3.05) is 13.2 Å². The molecule has 47 heavy (non-hydrogen) atoms. The highest BCUT2D eigenvalue weighted by Gasteiger charge is 2.19. The van der Waals surface area contributed by atoms with E-state index in [1.807, 2.05) is 0 Å². The summed E-state index contributed by atoms with van der Waals surface area (Å²) in [6.45, 7) is 3.38. The Labute approximate surface area is 287 Å². The molecule has 0 aromatic heterocycles. The molecule has 0 spiro atoms. The summed E-state index contributed by atoms with van der Waals surface area (Å²) >= 11 is 0. The highest BCUT2D eigenvalue weighted by molar-refractivity contribution is 5.87. The first-order valence-electron chi connectivity index (χ1n) is 19.4. The molecule has 0 saturated heterocycles. The Hall–Kier alpha value is -2.16. The van der Waals surface area contributed by atoms with Gasteiger partial charge < -0.3 is 25.6 Å². The van der Waals surface area contributed by atoms with Gasteiger partial charge in [0.15, 0.2) is 0 Å². The number of rotatable bonds is 35. The Balaban J connectivity index is 3.87. The maximum absolute atomic E-state index is 12.5. The van der Waals surface area contributed by atoms with Crippen LogP contribution in [0.15, 0.2) is 0 Å². The van der Waals surface area contributed by atoms with Crippen LogP contribution < -0.4 is 10.6 Å². The van der Waals surface area contributed by atoms with Crippen LogP contribution in [0.3, 0.4) is 0 Å². The quantitative estimate of drug-likeness (QED) is 0.0392. The molecule has 0 fully saturated rings. The van der Waals surface area contributed by atoms with E-state index in [1.165, 1.54) is 103 Å². The summed E-state index contributed by atoms with van der Waals surface area (Å²) in [6.07, 6.45) is 31.8. The van der Waals surface area contributed by atoms with Crippen molar-refractivity contribution in [3.63, 3.8) is 0 Å². The van der Waals surface area contributed by atoms with Gasteiger partial charge in [-0.1, -0.05) is 142 Å². The first-order chi connectivity index (χ1) is 22.8. The minimum Gasteiger partial charge on any atom is -0.480 e. The molecular weight excluding hydrogens is 596 g/mol. The number of aliphatic hydroxyl groups excluding tert-OH is 1. The van der Waals surface area contributed by atoms with Gasteiger partial charge in [-0.25, -0.2) is 4.79 Å². The van der Waals surface area contributed by atoms with Gasteiger partial charge in [-0.15, -0.1) is 0 Å². The summed E-state index contributed by atoms with van der Waals surface area (Å²) in [5.41, 5.74) is 0. The number of carboxylic acid groups (broad SMARTS) is 1. The van der Waals surface area contributed by atoms with Gasteiger partial charge in [0.05, 0.1) is 13.2 Å². The van der Waals surface area contributed by atoms with Crippen molar-refractivity contribution in [1.29, 1.82) is 0 Å². The van der Waals surface area contributed by atoms with Crippen molar-refractivity contribution < 1.29 is 34.1 Å². The molecular formula is C38H72N2O7. The van der Waals surface area contributed by atoms with Crippen molar-refractivity contribution in [3.8, 4) is 0 Å². The predicted octanol–water partition coefficient (Wildman–Crippen LogP) is 8.54. The van der Waals surface area contributed by atoms with Crippen LogP contribution in [0.2, 0.25) is 0 Å². The van der Waals surface area contributed by atoms with Crippen LogP contribution >= 0.6 is 0 Å². The first kappa shape index (κ1) is 44.8. The van der Waals surface area contributed by atoms with E-state index in [1.54, 1.807) is 0 Å². The standard InChI is InChI=1S/C38H72N2O7/c1-3-5-7-8-9-10-11-12-13-14-15-16-17-18-19-20-21-26-30-37(44)47-33(27-23-6-4-2)28-24-22-25-29-35(42)39-31-36(43)40-34(32-41)38(45)46/h33-34,41H,3-32H2,1-2H3,(H,39,42)(H,40,43)(H,45,46). The van der Waals surface area contributed by atoms with E-state index in [2.05, 4.69) is 24.5 Å². The second-order valence-corrected chi connectivity index (χ2v) is 13.4. The van der Waals surface area contributed by atoms with Crippen LogP contribution in [0, 0.1) is 0 Å². The van der Waals surface area contributed by atoms with E-state index in [0.29, 0.717) is 12.8 Å². The average molecular weight is 669 g/mol. The van der Waals surface area contributed by atoms with Crippen LogP contribution in [-0.2, 0) is 23.9 Å². The number of aliphatic carboxylic acids is 1. The molecule has 0 heterocycles. The molecule has 0 aliphatic rings. The van der Waals surface area contributed by atoms with Crippen molar-refractivity contribution in [2.24, 2.45) is 0 Å². The van der Waals surface area contributed by atoms with Crippen LogP contribution in [0.1, 0.15) is 194 Å². The van der Waals surface area contributed by atoms with E-state index in [-0.39, 0.29) is 30.9 Å². The van der Waals surface area contributed by atoms with Crippen molar-refractivity contribution >= 4 is 23.8 Å². The lowest BCUT2D eigenvalue weighted by Crippen LogP contribution is -2.47. The lowest BCUT2D eigenvalue weighted by Gasteiger charge is -2.18. The molecule has 0 aliphatic heterocycles. The Morgan fingerprint density at radius 3 is 1.43 bits per heavy atom. The third-order valence-corrected chi connectivity index (χ3v) is 8.85. The summed E-state index contributed by atoms with van der Waals surface area (Å²) in [5, 5.41) is 22.4. The number of hydrogen-bond acceptors (Lipinski definition) is 6. The lowest BCUT2D eigenvalue weighted by atomic mass is 10.0. The van der Waals surface area contributed by atoms with Gasteiger partial charge in [-0.3, -0.25) is 14.4 Å². The monoisotopic (exact) mass is 669 g/mol. The van der Waals surface area contributed by atoms with Crippen LogP contribution in [0.4, 0.5) is 0 Å². The maximum atomic E-state index is 12.5. The Morgan fingerprint density at radius 1 is 0.553 bits per heavy atom. The number of unbranched alkanes of at least 4 members (excludes halogenated alkanes) is 21. The van der Waals surface area contributed by atoms with Gasteiger partial charge in [-0.05, 0) is 38.5 Å². The zero-order valence-corrected chi connectivity index (χ0v) is 30.3. The van der Waals surface area contributed by atoms with Gasteiger partial charge in [0, 0.05) is 12.8 Å². The number of carboxylic acids is 1. The summed E-state index contributed by atoms with van der Waals surface area (Å²) in [7, 11) is 0. The van der Waals surface area contributed by atoms with E-state index in [0.717, 1.165) is 57.8 Å². The van der Waals surface area contributed by atoms with E-state index >= 15 is 0 Å². The fourth-order valence-corrected chi connectivity index (χ4v) is 5.83. The number of carbonyl (C=O) groups is 4. The minimum absolute atomic E-state index is 0.0733. The summed E-state index contributed by atoms with van der Waals surface area (Å²) in [4.78, 5) is 47.2. The van der Waals surface area contributed by atoms with Gasteiger partial charge in [0.1, 0.15) is 12.1 Å². The number of nitrogens with one attached hydrogen (secondary N) is 2. The smallest absolute Gasteiger partial charge is 0.328 e. The highest BCUT2D eigenvalue weighted by Crippen LogP contribution is 2.18. The second kappa shape index (κ2) is 33.7. The van der Waals surface area contributed by atoms with Gasteiger partial charge >= 0.3 is 11.9 Å². The molecule has 0 saturated carbocycles. The topological polar surface area (TPSA) is 142 Å². The molecule has 9 heteroatoms. The number of aliphatic hydroxyl groups is 1. The molecule has 0 aromatic carbocycles. The Kier molecular flexibility index (Phi) is 32.2. The summed E-state index contributed by atoms with van der Waals surface area (Å²) < 4.78 is 5.86. The molecule has 2 amide bonds. The molecule has 0 radical (unpaired) electrons. The fourth-order valence-electron chi connectivity index (χ4n) is 5.83. The third-order valence-electron chi connectivity index (χ3n) is 8.85. The first-order valence-corrected chi connectivity index (χ1v) is 19.4. The van der Waals surface area contributed by atoms with Crippen molar-refractivity contribution in [3.05, 3.63) is 0 Å². The number of carbonyl (C=O) groups excluding carboxylic acids is 3. The molecule has 0 aromatic rings. The highest BCUT2D eigenvalue weighted by atomic mass is 16.5. The molecule has 9 nitrogen and oxygen atoms in total. The summed E-state index contributed by atoms with van der Waals surface area (Å²) in [5.74, 6) is -2.38. The largest absolute Gasteiger partial charge is 0.480 e. The molecule has 276 valence electrons. The van der Waals surface area contributed by atoms with Crippen molar-refractivity contribution in [1.82, 2.24) is 10.6 Å². The zero-order valence-electron chi connectivity index (χ0n) is 30.3. The number of hydrogen-bond donors (Lipinski definition) is 4. The number of amides is 2. The van der Waals surface area contributed by atoms with Gasteiger partial charge in [-0.2, -0.15) is 0 Å². The maximum Gasteiger partial charge on any atom is 0.328 e. The molecule has 4 N–H and O–H groups in total. The van der Waals surface area contributed by atoms with Crippen LogP contribution in [-0.4, -0.2) is 59.3 Å². The summed E-state index contributed by atoms with van der Waals surface area (Å²) in [6, 6.07) is -1.39. The van der Waals surface area contributed by atoms with Crippen LogP contribution in [0.25, 0.3) is 0 Å². The minimum atomic E-state index is -1.39. The average Bonchev–Trinajstić information content (AvgIpc) is 3.05. The third kappa shape index (κ3) is 30.9. The SMILES string of the molecule is CCCCCCCCCCCCCCCCCCCCC(=O)OC(CCCCC)CCCCCC(=O)NCC(=O)NC(CO)C(=O)O. The molecule has 0 aliphatic carbocycles. The van der Waals surface area contributed by atoms with Crippen LogP contribution in [0.5, 0.6) is 0 Å². The normalized spacial score (nSPS) is 12.4. The molecule has 0 bridgehead atoms. The van der Waals surface area contributed by atoms with E-state index in [4.69, 9.17) is 14.9 Å². The molecule has 2 atom stereocenters. The number of ether oxygens (including phenoxy) is 1. The predicted molar refractivity (Wildman–Crippen MR) is 190 cm³/mol. The Morgan fingerprint density at radius 2 is 0.957 bits per heavy atom. The fraction of sp³-hybridized carbons (Fsp3) is 0.895. The Bertz CT molecular complexity index is 777. The molecule has 0 rings (SSSR count). The van der Waals surface area contributed by atoms with Gasteiger partial charge in [0.25, 0.3) is 0 Å². The molecule has 2 unspecified atom stereocenters. The second-order valence-electron chi connectivity index (χ2n) is 13.4. The number of esters is 1. The van der Waals surface area contributed by atoms with E-state index < -0.39 is 24.5 Å².